The van der Waals surface area contributed by atoms with Crippen LogP contribution in [0.1, 0.15) is 37.1 Å². The van der Waals surface area contributed by atoms with Gasteiger partial charge >= 0.3 is 0 Å². The molecule has 3 aromatic rings. The Bertz CT molecular complexity index is 1060. The molecule has 0 fully saturated rings. The SMILES string of the molecule is CCCCn1c(CSc2cc(C)nc(C)n2)nc2cc(S(N)(=O)=O)ccc21. The van der Waals surface area contributed by atoms with Gasteiger partial charge in [0.2, 0.25) is 10.0 Å². The first-order valence-electron chi connectivity index (χ1n) is 8.75. The summed E-state index contributed by atoms with van der Waals surface area (Å²) < 4.78 is 25.4. The van der Waals surface area contributed by atoms with Crippen LogP contribution in [0.5, 0.6) is 0 Å². The molecule has 2 aromatic heterocycles. The fourth-order valence-electron chi connectivity index (χ4n) is 2.91. The van der Waals surface area contributed by atoms with E-state index >= 15 is 0 Å². The highest BCUT2D eigenvalue weighted by atomic mass is 32.2. The van der Waals surface area contributed by atoms with E-state index in [0.29, 0.717) is 11.3 Å². The molecule has 9 heteroatoms. The standard InChI is InChI=1S/C18H23N5O2S2/c1-4-5-8-23-16-7-6-14(27(19,24)25)10-15(16)22-17(23)11-26-18-9-12(2)20-13(3)21-18/h6-7,9-10H,4-5,8,11H2,1-3H3,(H2,19,24,25). The fourth-order valence-corrected chi connectivity index (χ4v) is 4.39. The number of aromatic nitrogens is 4. The smallest absolute Gasteiger partial charge is 0.238 e. The van der Waals surface area contributed by atoms with Crippen LogP contribution in [0.15, 0.2) is 34.2 Å². The molecule has 0 amide bonds. The van der Waals surface area contributed by atoms with E-state index in [-0.39, 0.29) is 4.90 Å². The quantitative estimate of drug-likeness (QED) is 0.478. The van der Waals surface area contributed by atoms with Gasteiger partial charge < -0.3 is 4.57 Å². The highest BCUT2D eigenvalue weighted by Gasteiger charge is 2.15. The van der Waals surface area contributed by atoms with Crippen molar-refractivity contribution in [3.63, 3.8) is 0 Å². The molecule has 0 bridgehead atoms. The molecule has 7 nitrogen and oxygen atoms in total. The van der Waals surface area contributed by atoms with E-state index in [0.717, 1.165) is 47.3 Å². The van der Waals surface area contributed by atoms with Crippen molar-refractivity contribution >= 4 is 32.8 Å². The summed E-state index contributed by atoms with van der Waals surface area (Å²) in [4.78, 5) is 13.5. The third-order valence-electron chi connectivity index (χ3n) is 4.15. The number of unbranched alkanes of at least 4 members (excludes halogenated alkanes) is 1. The predicted molar refractivity (Wildman–Crippen MR) is 107 cm³/mol. The minimum Gasteiger partial charge on any atom is -0.327 e. The van der Waals surface area contributed by atoms with E-state index < -0.39 is 10.0 Å². The zero-order chi connectivity index (χ0) is 19.6. The minimum absolute atomic E-state index is 0.0800. The fraction of sp³-hybridized carbons (Fsp3) is 0.389. The van der Waals surface area contributed by atoms with Crippen LogP contribution in [0.2, 0.25) is 0 Å². The van der Waals surface area contributed by atoms with Gasteiger partial charge in [-0.2, -0.15) is 0 Å². The number of fused-ring (bicyclic) bond motifs is 1. The van der Waals surface area contributed by atoms with E-state index in [1.165, 1.54) is 6.07 Å². The molecule has 1 aromatic carbocycles. The van der Waals surface area contributed by atoms with Gasteiger partial charge in [-0.3, -0.25) is 0 Å². The lowest BCUT2D eigenvalue weighted by atomic mass is 10.3. The van der Waals surface area contributed by atoms with Crippen LogP contribution in [0, 0.1) is 13.8 Å². The van der Waals surface area contributed by atoms with Gasteiger partial charge in [-0.05, 0) is 44.5 Å². The number of hydrogen-bond acceptors (Lipinski definition) is 6. The van der Waals surface area contributed by atoms with E-state index in [1.807, 2.05) is 19.9 Å². The number of thioether (sulfide) groups is 1. The van der Waals surface area contributed by atoms with Gasteiger partial charge in [0.1, 0.15) is 16.7 Å². The summed E-state index contributed by atoms with van der Waals surface area (Å²) in [6.45, 7) is 6.80. The first-order chi connectivity index (χ1) is 12.8. The Kier molecular flexibility index (Phi) is 5.83. The van der Waals surface area contributed by atoms with E-state index in [1.54, 1.807) is 23.9 Å². The van der Waals surface area contributed by atoms with Gasteiger partial charge in [0.25, 0.3) is 0 Å². The van der Waals surface area contributed by atoms with Crippen LogP contribution in [-0.4, -0.2) is 27.9 Å². The second kappa shape index (κ2) is 7.95. The molecule has 144 valence electrons. The number of rotatable bonds is 7. The second-order valence-corrected chi connectivity index (χ2v) is 8.97. The number of benzene rings is 1. The Morgan fingerprint density at radius 2 is 1.93 bits per heavy atom. The molecule has 27 heavy (non-hydrogen) atoms. The minimum atomic E-state index is -3.75. The molecular formula is C18H23N5O2S2. The lowest BCUT2D eigenvalue weighted by Crippen LogP contribution is -2.11. The summed E-state index contributed by atoms with van der Waals surface area (Å²) in [5, 5.41) is 6.16. The lowest BCUT2D eigenvalue weighted by Gasteiger charge is -2.09. The first-order valence-corrected chi connectivity index (χ1v) is 11.3. The van der Waals surface area contributed by atoms with E-state index in [2.05, 4.69) is 26.4 Å². The van der Waals surface area contributed by atoms with Crippen molar-refractivity contribution in [2.45, 2.75) is 55.8 Å². The van der Waals surface area contributed by atoms with Crippen LogP contribution in [0.25, 0.3) is 11.0 Å². The third-order valence-corrected chi connectivity index (χ3v) is 5.97. The largest absolute Gasteiger partial charge is 0.327 e. The Labute approximate surface area is 163 Å². The van der Waals surface area contributed by atoms with Gasteiger partial charge in [-0.15, -0.1) is 0 Å². The number of aryl methyl sites for hydroxylation is 3. The van der Waals surface area contributed by atoms with Gasteiger partial charge in [-0.25, -0.2) is 28.5 Å². The maximum atomic E-state index is 11.6. The number of hydrogen-bond donors (Lipinski definition) is 1. The zero-order valence-electron chi connectivity index (χ0n) is 15.6. The summed E-state index contributed by atoms with van der Waals surface area (Å²) in [7, 11) is -3.75. The molecule has 0 saturated carbocycles. The molecule has 0 radical (unpaired) electrons. The molecule has 2 heterocycles. The average Bonchev–Trinajstić information content (AvgIpc) is 2.93. The predicted octanol–water partition coefficient (Wildman–Crippen LogP) is 3.18. The molecule has 3 rings (SSSR count). The highest BCUT2D eigenvalue weighted by molar-refractivity contribution is 7.98. The molecular weight excluding hydrogens is 382 g/mol. The molecule has 0 atom stereocenters. The number of nitrogens with two attached hydrogens (primary N) is 1. The molecule has 0 saturated heterocycles. The van der Waals surface area contributed by atoms with Crippen LogP contribution < -0.4 is 5.14 Å². The summed E-state index contributed by atoms with van der Waals surface area (Å²) in [5.74, 6) is 2.28. The normalized spacial score (nSPS) is 12.0. The monoisotopic (exact) mass is 405 g/mol. The Balaban J connectivity index is 1.96. The zero-order valence-corrected chi connectivity index (χ0v) is 17.3. The Hall–Kier alpha value is -1.97. The van der Waals surface area contributed by atoms with Gasteiger partial charge in [-0.1, -0.05) is 25.1 Å². The van der Waals surface area contributed by atoms with Crippen molar-refractivity contribution in [2.24, 2.45) is 5.14 Å². The van der Waals surface area contributed by atoms with Crippen molar-refractivity contribution in [2.75, 3.05) is 0 Å². The summed E-state index contributed by atoms with van der Waals surface area (Å²) in [6, 6.07) is 6.82. The Morgan fingerprint density at radius 3 is 2.59 bits per heavy atom. The van der Waals surface area contributed by atoms with Gasteiger partial charge in [0.15, 0.2) is 0 Å². The number of sulfonamides is 1. The van der Waals surface area contributed by atoms with E-state index in [9.17, 15) is 8.42 Å². The molecule has 0 aliphatic rings. The summed E-state index contributed by atoms with van der Waals surface area (Å²) in [5.41, 5.74) is 2.49. The molecule has 0 aliphatic heterocycles. The van der Waals surface area contributed by atoms with Crippen molar-refractivity contribution in [3.8, 4) is 0 Å². The lowest BCUT2D eigenvalue weighted by molar-refractivity contribution is 0.598. The van der Waals surface area contributed by atoms with Crippen molar-refractivity contribution < 1.29 is 8.42 Å². The molecule has 2 N–H and O–H groups in total. The first kappa shape index (κ1) is 19.8. The third kappa shape index (κ3) is 4.66. The number of nitrogens with zero attached hydrogens (tertiary/aromatic N) is 4. The highest BCUT2D eigenvalue weighted by Crippen LogP contribution is 2.26. The molecule has 0 unspecified atom stereocenters. The Morgan fingerprint density at radius 1 is 1.15 bits per heavy atom. The summed E-state index contributed by atoms with van der Waals surface area (Å²) in [6.07, 6.45) is 2.08. The van der Waals surface area contributed by atoms with Crippen molar-refractivity contribution in [3.05, 3.63) is 41.6 Å². The van der Waals surface area contributed by atoms with Crippen LogP contribution in [0.3, 0.4) is 0 Å². The number of primary sulfonamides is 1. The number of imidazole rings is 1. The molecule has 0 spiro atoms. The maximum Gasteiger partial charge on any atom is 0.238 e. The van der Waals surface area contributed by atoms with E-state index in [4.69, 9.17) is 5.14 Å². The van der Waals surface area contributed by atoms with Crippen molar-refractivity contribution in [1.29, 1.82) is 0 Å². The van der Waals surface area contributed by atoms with Crippen LogP contribution in [0.4, 0.5) is 0 Å². The van der Waals surface area contributed by atoms with Crippen LogP contribution >= 0.6 is 11.8 Å². The summed E-state index contributed by atoms with van der Waals surface area (Å²) >= 11 is 1.60. The van der Waals surface area contributed by atoms with Gasteiger partial charge in [0.05, 0.1) is 21.7 Å². The van der Waals surface area contributed by atoms with Crippen molar-refractivity contribution in [1.82, 2.24) is 19.5 Å². The second-order valence-electron chi connectivity index (χ2n) is 6.41. The van der Waals surface area contributed by atoms with Crippen LogP contribution in [-0.2, 0) is 22.3 Å². The van der Waals surface area contributed by atoms with Gasteiger partial charge in [0, 0.05) is 12.2 Å². The molecule has 0 aliphatic carbocycles. The topological polar surface area (TPSA) is 104 Å². The maximum absolute atomic E-state index is 11.6. The average molecular weight is 406 g/mol.